The smallest absolute Gasteiger partial charge is 0.264 e. The molecule has 1 aromatic carbocycles. The number of rotatable bonds is 4. The minimum Gasteiger partial charge on any atom is -0.454 e. The molecular formula is C23H29N3O4S. The molecule has 3 heterocycles. The van der Waals surface area contributed by atoms with Gasteiger partial charge in [0, 0.05) is 38.1 Å². The first-order valence-corrected chi connectivity index (χ1v) is 11.3. The van der Waals surface area contributed by atoms with E-state index in [0.29, 0.717) is 18.0 Å². The first-order valence-electron chi connectivity index (χ1n) is 10.5. The van der Waals surface area contributed by atoms with E-state index in [1.807, 2.05) is 50.8 Å². The second-order valence-electron chi connectivity index (χ2n) is 9.08. The van der Waals surface area contributed by atoms with Crippen molar-refractivity contribution in [1.29, 1.82) is 0 Å². The van der Waals surface area contributed by atoms with Gasteiger partial charge in [0.1, 0.15) is 0 Å². The highest BCUT2D eigenvalue weighted by Crippen LogP contribution is 2.33. The highest BCUT2D eigenvalue weighted by Gasteiger charge is 2.27. The van der Waals surface area contributed by atoms with E-state index in [4.69, 9.17) is 9.47 Å². The summed E-state index contributed by atoms with van der Waals surface area (Å²) < 4.78 is 10.8. The maximum Gasteiger partial charge on any atom is 0.264 e. The van der Waals surface area contributed by atoms with Crippen LogP contribution in [0.4, 0.5) is 5.00 Å². The summed E-state index contributed by atoms with van der Waals surface area (Å²) in [6, 6.07) is 7.93. The fourth-order valence-electron chi connectivity index (χ4n) is 3.61. The SMILES string of the molecule is Cc1cc(NC(=O)C(C)(C)C)sc1C(=O)N1CCN(Cc2ccc3c(c2)OCO3)CC1. The van der Waals surface area contributed by atoms with Gasteiger partial charge in [0.2, 0.25) is 12.7 Å². The summed E-state index contributed by atoms with van der Waals surface area (Å²) in [5, 5.41) is 3.66. The molecule has 0 saturated carbocycles. The summed E-state index contributed by atoms with van der Waals surface area (Å²) in [6.07, 6.45) is 0. The van der Waals surface area contributed by atoms with Crippen LogP contribution >= 0.6 is 11.3 Å². The number of fused-ring (bicyclic) bond motifs is 1. The van der Waals surface area contributed by atoms with Gasteiger partial charge >= 0.3 is 0 Å². The lowest BCUT2D eigenvalue weighted by molar-refractivity contribution is -0.123. The number of nitrogens with one attached hydrogen (secondary N) is 1. The van der Waals surface area contributed by atoms with Crippen LogP contribution in [-0.4, -0.2) is 54.6 Å². The fourth-order valence-corrected chi connectivity index (χ4v) is 4.64. The van der Waals surface area contributed by atoms with Crippen LogP contribution in [0.3, 0.4) is 0 Å². The van der Waals surface area contributed by atoms with Crippen LogP contribution in [0, 0.1) is 12.3 Å². The van der Waals surface area contributed by atoms with Gasteiger partial charge < -0.3 is 19.7 Å². The van der Waals surface area contributed by atoms with Gasteiger partial charge in [-0.3, -0.25) is 14.5 Å². The lowest BCUT2D eigenvalue weighted by Gasteiger charge is -2.34. The van der Waals surface area contributed by atoms with Crippen LogP contribution < -0.4 is 14.8 Å². The van der Waals surface area contributed by atoms with E-state index in [2.05, 4.69) is 16.3 Å². The molecule has 0 radical (unpaired) electrons. The monoisotopic (exact) mass is 443 g/mol. The summed E-state index contributed by atoms with van der Waals surface area (Å²) >= 11 is 1.36. The molecule has 0 aliphatic carbocycles. The van der Waals surface area contributed by atoms with Crippen molar-refractivity contribution in [3.8, 4) is 11.5 Å². The van der Waals surface area contributed by atoms with Crippen molar-refractivity contribution in [1.82, 2.24) is 9.80 Å². The minimum absolute atomic E-state index is 0.0430. The van der Waals surface area contributed by atoms with Crippen molar-refractivity contribution >= 4 is 28.2 Å². The summed E-state index contributed by atoms with van der Waals surface area (Å²) in [4.78, 5) is 30.3. The molecule has 2 amide bonds. The largest absolute Gasteiger partial charge is 0.454 e. The van der Waals surface area contributed by atoms with E-state index < -0.39 is 5.41 Å². The Kier molecular flexibility index (Phi) is 5.94. The first kappa shape index (κ1) is 21.6. The molecule has 2 aromatic rings. The zero-order valence-corrected chi connectivity index (χ0v) is 19.3. The van der Waals surface area contributed by atoms with Crippen molar-refractivity contribution in [2.75, 3.05) is 38.3 Å². The van der Waals surface area contributed by atoms with Crippen molar-refractivity contribution < 1.29 is 19.1 Å². The number of piperazine rings is 1. The molecule has 8 heteroatoms. The summed E-state index contributed by atoms with van der Waals surface area (Å²) in [5.41, 5.74) is 1.61. The van der Waals surface area contributed by atoms with E-state index >= 15 is 0 Å². The quantitative estimate of drug-likeness (QED) is 0.780. The number of nitrogens with zero attached hydrogens (tertiary/aromatic N) is 2. The second-order valence-corrected chi connectivity index (χ2v) is 10.1. The number of carbonyl (C=O) groups excluding carboxylic acids is 2. The standard InChI is InChI=1S/C23H29N3O4S/c1-15-11-19(24-22(28)23(2,3)4)31-20(15)21(27)26-9-7-25(8-10-26)13-16-5-6-17-18(12-16)30-14-29-17/h5-6,11-12H,7-10,13-14H2,1-4H3,(H,24,28). The van der Waals surface area contributed by atoms with Gasteiger partial charge in [-0.15, -0.1) is 11.3 Å². The van der Waals surface area contributed by atoms with Crippen LogP contribution in [0.25, 0.3) is 0 Å². The number of amides is 2. The third kappa shape index (κ3) is 4.85. The number of hydrogen-bond acceptors (Lipinski definition) is 6. The maximum atomic E-state index is 13.1. The van der Waals surface area contributed by atoms with Crippen molar-refractivity contribution in [3.63, 3.8) is 0 Å². The predicted octanol–water partition coefficient (Wildman–Crippen LogP) is 3.73. The molecule has 0 bridgehead atoms. The molecule has 1 fully saturated rings. The van der Waals surface area contributed by atoms with Gasteiger partial charge in [0.05, 0.1) is 9.88 Å². The van der Waals surface area contributed by atoms with E-state index in [-0.39, 0.29) is 18.6 Å². The minimum atomic E-state index is -0.476. The molecule has 1 saturated heterocycles. The van der Waals surface area contributed by atoms with Gasteiger partial charge in [-0.2, -0.15) is 0 Å². The second kappa shape index (κ2) is 8.51. The summed E-state index contributed by atoms with van der Waals surface area (Å²) in [7, 11) is 0. The number of thiophene rings is 1. The highest BCUT2D eigenvalue weighted by atomic mass is 32.1. The van der Waals surface area contributed by atoms with Gasteiger partial charge in [-0.05, 0) is 36.2 Å². The molecule has 1 N–H and O–H groups in total. The number of hydrogen-bond donors (Lipinski definition) is 1. The Morgan fingerprint density at radius 2 is 1.77 bits per heavy atom. The fraction of sp³-hybridized carbons (Fsp3) is 0.478. The molecule has 0 unspecified atom stereocenters. The number of benzene rings is 1. The van der Waals surface area contributed by atoms with Crippen LogP contribution in [0.15, 0.2) is 24.3 Å². The Morgan fingerprint density at radius 1 is 1.06 bits per heavy atom. The molecule has 2 aliphatic heterocycles. The normalized spacial score (nSPS) is 16.5. The van der Waals surface area contributed by atoms with Crippen molar-refractivity contribution in [2.45, 2.75) is 34.2 Å². The lowest BCUT2D eigenvalue weighted by atomic mass is 9.96. The molecule has 0 spiro atoms. The molecule has 7 nitrogen and oxygen atoms in total. The Morgan fingerprint density at radius 3 is 2.48 bits per heavy atom. The topological polar surface area (TPSA) is 71.1 Å². The third-order valence-corrected chi connectivity index (χ3v) is 6.67. The lowest BCUT2D eigenvalue weighted by Crippen LogP contribution is -2.48. The van der Waals surface area contributed by atoms with Crippen molar-refractivity contribution in [2.24, 2.45) is 5.41 Å². The molecule has 31 heavy (non-hydrogen) atoms. The van der Waals surface area contributed by atoms with E-state index in [1.54, 1.807) is 0 Å². The summed E-state index contributed by atoms with van der Waals surface area (Å²) in [6.45, 7) is 11.6. The molecule has 2 aliphatic rings. The zero-order chi connectivity index (χ0) is 22.2. The number of anilines is 1. The average molecular weight is 444 g/mol. The molecule has 0 atom stereocenters. The van der Waals surface area contributed by atoms with E-state index in [9.17, 15) is 9.59 Å². The average Bonchev–Trinajstić information content (AvgIpc) is 3.33. The van der Waals surface area contributed by atoms with Gasteiger partial charge in [-0.25, -0.2) is 0 Å². The van der Waals surface area contributed by atoms with Crippen molar-refractivity contribution in [3.05, 3.63) is 40.3 Å². The molecular weight excluding hydrogens is 414 g/mol. The van der Waals surface area contributed by atoms with Crippen LogP contribution in [0.5, 0.6) is 11.5 Å². The first-order chi connectivity index (χ1) is 14.7. The van der Waals surface area contributed by atoms with Crippen LogP contribution in [0.2, 0.25) is 0 Å². The van der Waals surface area contributed by atoms with Crippen LogP contribution in [-0.2, 0) is 11.3 Å². The Labute approximate surface area is 186 Å². The van der Waals surface area contributed by atoms with Gasteiger partial charge in [-0.1, -0.05) is 26.8 Å². The Balaban J connectivity index is 1.33. The molecule has 166 valence electrons. The third-order valence-electron chi connectivity index (χ3n) is 5.53. The van der Waals surface area contributed by atoms with E-state index in [1.165, 1.54) is 16.9 Å². The highest BCUT2D eigenvalue weighted by molar-refractivity contribution is 7.18. The Bertz CT molecular complexity index is 987. The number of carbonyl (C=O) groups is 2. The summed E-state index contributed by atoms with van der Waals surface area (Å²) in [5.74, 6) is 1.59. The number of aryl methyl sites for hydroxylation is 1. The molecule has 1 aromatic heterocycles. The van der Waals surface area contributed by atoms with E-state index in [0.717, 1.165) is 41.7 Å². The Hall–Kier alpha value is -2.58. The molecule has 4 rings (SSSR count). The van der Waals surface area contributed by atoms with Gasteiger partial charge in [0.15, 0.2) is 11.5 Å². The van der Waals surface area contributed by atoms with Gasteiger partial charge in [0.25, 0.3) is 5.91 Å². The predicted molar refractivity (Wildman–Crippen MR) is 121 cm³/mol. The number of ether oxygens (including phenoxy) is 2. The zero-order valence-electron chi connectivity index (χ0n) is 18.5. The maximum absolute atomic E-state index is 13.1. The van der Waals surface area contributed by atoms with Crippen LogP contribution in [0.1, 0.15) is 41.6 Å².